The van der Waals surface area contributed by atoms with Crippen LogP contribution in [0.2, 0.25) is 0 Å². The highest BCUT2D eigenvalue weighted by Crippen LogP contribution is 2.24. The van der Waals surface area contributed by atoms with E-state index in [1.54, 1.807) is 0 Å². The second-order valence-electron chi connectivity index (χ2n) is 6.15. The van der Waals surface area contributed by atoms with Crippen LogP contribution in [0.5, 0.6) is 0 Å². The summed E-state index contributed by atoms with van der Waals surface area (Å²) in [5, 5.41) is 0. The maximum Gasteiger partial charge on any atom is 0.0678 e. The fourth-order valence-electron chi connectivity index (χ4n) is 3.24. The van der Waals surface area contributed by atoms with E-state index in [0.29, 0.717) is 24.2 Å². The number of hydrogen-bond donors (Lipinski definition) is 1. The van der Waals surface area contributed by atoms with Crippen LogP contribution in [-0.2, 0) is 4.74 Å². The summed E-state index contributed by atoms with van der Waals surface area (Å²) in [5.74, 6) is 0.540. The highest BCUT2D eigenvalue weighted by Gasteiger charge is 2.28. The van der Waals surface area contributed by atoms with Gasteiger partial charge in [-0.25, -0.2) is 0 Å². The molecule has 1 saturated heterocycles. The minimum absolute atomic E-state index is 0.305. The Balaban J connectivity index is 1.98. The Kier molecular flexibility index (Phi) is 5.58. The van der Waals surface area contributed by atoms with Crippen LogP contribution < -0.4 is 5.73 Å². The number of morpholine rings is 1. The van der Waals surface area contributed by atoms with Gasteiger partial charge >= 0.3 is 0 Å². The van der Waals surface area contributed by atoms with Crippen molar-refractivity contribution < 1.29 is 4.74 Å². The summed E-state index contributed by atoms with van der Waals surface area (Å²) in [7, 11) is 0. The molecule has 1 heterocycles. The fraction of sp³-hybridized carbons (Fsp3) is 0.647. The molecule has 0 radical (unpaired) electrons. The second-order valence-corrected chi connectivity index (χ2v) is 6.15. The zero-order chi connectivity index (χ0) is 14.5. The summed E-state index contributed by atoms with van der Waals surface area (Å²) in [6, 6.07) is 11.2. The van der Waals surface area contributed by atoms with E-state index in [-0.39, 0.29) is 0 Å². The van der Waals surface area contributed by atoms with Crippen molar-refractivity contribution in [2.24, 2.45) is 5.73 Å². The van der Waals surface area contributed by atoms with Gasteiger partial charge in [-0.1, -0.05) is 37.3 Å². The quantitative estimate of drug-likeness (QED) is 0.898. The molecule has 4 unspecified atom stereocenters. The molecule has 0 spiro atoms. The highest BCUT2D eigenvalue weighted by atomic mass is 16.5. The number of nitrogens with two attached hydrogens (primary N) is 1. The van der Waals surface area contributed by atoms with Crippen molar-refractivity contribution in [1.82, 2.24) is 4.90 Å². The summed E-state index contributed by atoms with van der Waals surface area (Å²) >= 11 is 0. The SMILES string of the molecule is CC1CN(C(CN)CC(C)c2ccccc2)CC(C)O1. The summed E-state index contributed by atoms with van der Waals surface area (Å²) in [6.07, 6.45) is 1.72. The van der Waals surface area contributed by atoms with Crippen molar-refractivity contribution in [2.75, 3.05) is 19.6 Å². The first kappa shape index (κ1) is 15.5. The number of benzene rings is 1. The first-order chi connectivity index (χ1) is 9.60. The molecule has 0 aliphatic carbocycles. The average molecular weight is 276 g/mol. The van der Waals surface area contributed by atoms with Gasteiger partial charge in [-0.2, -0.15) is 0 Å². The average Bonchev–Trinajstić information content (AvgIpc) is 2.44. The molecule has 20 heavy (non-hydrogen) atoms. The van der Waals surface area contributed by atoms with Gasteiger partial charge in [0.2, 0.25) is 0 Å². The second kappa shape index (κ2) is 7.21. The number of nitrogens with zero attached hydrogens (tertiary/aromatic N) is 1. The van der Waals surface area contributed by atoms with Crippen molar-refractivity contribution in [3.05, 3.63) is 35.9 Å². The molecule has 1 aliphatic heterocycles. The Morgan fingerprint density at radius 3 is 2.35 bits per heavy atom. The van der Waals surface area contributed by atoms with Gasteiger partial charge in [0.15, 0.2) is 0 Å². The van der Waals surface area contributed by atoms with Gasteiger partial charge in [-0.05, 0) is 31.7 Å². The van der Waals surface area contributed by atoms with Crippen LogP contribution in [0.1, 0.15) is 38.7 Å². The van der Waals surface area contributed by atoms with Crippen LogP contribution in [0, 0.1) is 0 Å². The van der Waals surface area contributed by atoms with E-state index < -0.39 is 0 Å². The Morgan fingerprint density at radius 1 is 1.20 bits per heavy atom. The van der Waals surface area contributed by atoms with Crippen molar-refractivity contribution in [1.29, 1.82) is 0 Å². The topological polar surface area (TPSA) is 38.5 Å². The Labute approximate surface area is 123 Å². The van der Waals surface area contributed by atoms with E-state index in [0.717, 1.165) is 26.1 Å². The maximum absolute atomic E-state index is 6.04. The van der Waals surface area contributed by atoms with Crippen molar-refractivity contribution in [3.63, 3.8) is 0 Å². The van der Waals surface area contributed by atoms with Gasteiger partial charge in [-0.3, -0.25) is 4.90 Å². The third kappa shape index (κ3) is 4.05. The predicted molar refractivity (Wildman–Crippen MR) is 83.9 cm³/mol. The van der Waals surface area contributed by atoms with Crippen LogP contribution in [0.3, 0.4) is 0 Å². The smallest absolute Gasteiger partial charge is 0.0678 e. The monoisotopic (exact) mass is 276 g/mol. The lowest BCUT2D eigenvalue weighted by molar-refractivity contribution is -0.0806. The molecule has 1 aliphatic rings. The van der Waals surface area contributed by atoms with Crippen molar-refractivity contribution in [3.8, 4) is 0 Å². The maximum atomic E-state index is 6.04. The molecule has 1 aromatic carbocycles. The summed E-state index contributed by atoms with van der Waals surface area (Å²) in [4.78, 5) is 2.51. The van der Waals surface area contributed by atoms with E-state index in [2.05, 4.69) is 56.0 Å². The van der Waals surface area contributed by atoms with E-state index in [1.165, 1.54) is 5.56 Å². The highest BCUT2D eigenvalue weighted by molar-refractivity contribution is 5.19. The molecule has 0 bridgehead atoms. The lowest BCUT2D eigenvalue weighted by Crippen LogP contribution is -2.52. The molecule has 3 nitrogen and oxygen atoms in total. The first-order valence-corrected chi connectivity index (χ1v) is 7.74. The standard InChI is InChI=1S/C17H28N2O/c1-13(16-7-5-4-6-8-16)9-17(10-18)19-11-14(2)20-15(3)12-19/h4-8,13-15,17H,9-12,18H2,1-3H3. The van der Waals surface area contributed by atoms with Crippen molar-refractivity contribution in [2.45, 2.75) is 51.4 Å². The molecule has 3 heteroatoms. The third-order valence-corrected chi connectivity index (χ3v) is 4.23. The Bertz CT molecular complexity index is 385. The molecular weight excluding hydrogens is 248 g/mol. The molecule has 0 aromatic heterocycles. The zero-order valence-corrected chi connectivity index (χ0v) is 13.0. The van der Waals surface area contributed by atoms with Crippen LogP contribution in [0.4, 0.5) is 0 Å². The molecule has 0 saturated carbocycles. The van der Waals surface area contributed by atoms with Crippen LogP contribution in [0.15, 0.2) is 30.3 Å². The molecular formula is C17H28N2O. The molecule has 2 N–H and O–H groups in total. The fourth-order valence-corrected chi connectivity index (χ4v) is 3.24. The molecule has 1 aromatic rings. The number of hydrogen-bond acceptors (Lipinski definition) is 3. The lowest BCUT2D eigenvalue weighted by atomic mass is 9.92. The van der Waals surface area contributed by atoms with Crippen LogP contribution >= 0.6 is 0 Å². The minimum Gasteiger partial charge on any atom is -0.373 e. The summed E-state index contributed by atoms with van der Waals surface area (Å²) < 4.78 is 5.82. The first-order valence-electron chi connectivity index (χ1n) is 7.74. The van der Waals surface area contributed by atoms with E-state index in [1.807, 2.05) is 0 Å². The van der Waals surface area contributed by atoms with E-state index in [4.69, 9.17) is 10.5 Å². The predicted octanol–water partition coefficient (Wildman–Crippen LogP) is 2.62. The summed E-state index contributed by atoms with van der Waals surface area (Å²) in [5.41, 5.74) is 7.44. The molecule has 4 atom stereocenters. The van der Waals surface area contributed by atoms with Crippen LogP contribution in [0.25, 0.3) is 0 Å². The lowest BCUT2D eigenvalue weighted by Gasteiger charge is -2.40. The van der Waals surface area contributed by atoms with Gasteiger partial charge < -0.3 is 10.5 Å². The van der Waals surface area contributed by atoms with Gasteiger partial charge in [0.05, 0.1) is 12.2 Å². The number of rotatable bonds is 5. The van der Waals surface area contributed by atoms with Gasteiger partial charge in [-0.15, -0.1) is 0 Å². The zero-order valence-electron chi connectivity index (χ0n) is 13.0. The largest absolute Gasteiger partial charge is 0.373 e. The molecule has 2 rings (SSSR count). The van der Waals surface area contributed by atoms with Gasteiger partial charge in [0.1, 0.15) is 0 Å². The van der Waals surface area contributed by atoms with E-state index >= 15 is 0 Å². The normalized spacial score (nSPS) is 27.2. The Hall–Kier alpha value is -0.900. The number of ether oxygens (including phenoxy) is 1. The summed E-state index contributed by atoms with van der Waals surface area (Å²) in [6.45, 7) is 9.30. The van der Waals surface area contributed by atoms with Gasteiger partial charge in [0.25, 0.3) is 0 Å². The molecule has 112 valence electrons. The molecule has 1 fully saturated rings. The van der Waals surface area contributed by atoms with Crippen molar-refractivity contribution >= 4 is 0 Å². The molecule has 0 amide bonds. The third-order valence-electron chi connectivity index (χ3n) is 4.23. The Morgan fingerprint density at radius 2 is 1.80 bits per heavy atom. The van der Waals surface area contributed by atoms with Crippen LogP contribution in [-0.4, -0.2) is 42.8 Å². The minimum atomic E-state index is 0.305. The van der Waals surface area contributed by atoms with E-state index in [9.17, 15) is 0 Å². The van der Waals surface area contributed by atoms with Gasteiger partial charge in [0, 0.05) is 25.7 Å².